The highest BCUT2D eigenvalue weighted by molar-refractivity contribution is 5.94. The molecule has 4 rings (SSSR count). The molecular weight excluding hydrogens is 528 g/mol. The standard InChI is InChI=1S/C29H36N6O6/c1-27(2,3)26(38)41-17-34-23(28(4,5)39)22(25(36)37)35(29(34,6)16-40-7)19-14-12-18(13-15-19)20-10-8-9-11-21(20)24-30-32-33-31-24/h8-15,39H,16-17H2,1-7H3,(H,36,37)(H,30,31,32,33). The first-order valence-electron chi connectivity index (χ1n) is 13.1. The lowest BCUT2D eigenvalue weighted by molar-refractivity contribution is -0.160. The summed E-state index contributed by atoms with van der Waals surface area (Å²) >= 11 is 0. The number of H-pyrrole nitrogens is 1. The van der Waals surface area contributed by atoms with E-state index >= 15 is 0 Å². The van der Waals surface area contributed by atoms with Crippen molar-refractivity contribution in [3.63, 3.8) is 0 Å². The summed E-state index contributed by atoms with van der Waals surface area (Å²) < 4.78 is 11.2. The lowest BCUT2D eigenvalue weighted by atomic mass is 9.97. The third-order valence-electron chi connectivity index (χ3n) is 6.88. The van der Waals surface area contributed by atoms with E-state index in [2.05, 4.69) is 20.6 Å². The Balaban J connectivity index is 1.83. The number of hydrogen-bond acceptors (Lipinski definition) is 10. The first-order valence-corrected chi connectivity index (χ1v) is 13.1. The van der Waals surface area contributed by atoms with Crippen LogP contribution in [0, 0.1) is 5.41 Å². The Bertz CT molecular complexity index is 1440. The number of carboxylic acid groups (broad SMARTS) is 1. The van der Waals surface area contributed by atoms with Gasteiger partial charge in [0.05, 0.1) is 17.7 Å². The first kappa shape index (κ1) is 29.7. The van der Waals surface area contributed by atoms with Crippen molar-refractivity contribution >= 4 is 17.6 Å². The number of nitrogens with one attached hydrogen (secondary N) is 1. The Morgan fingerprint density at radius 3 is 2.17 bits per heavy atom. The molecule has 218 valence electrons. The lowest BCUT2D eigenvalue weighted by Crippen LogP contribution is -2.58. The number of anilines is 1. The minimum Gasteiger partial charge on any atom is -0.477 e. The highest BCUT2D eigenvalue weighted by atomic mass is 16.5. The number of benzene rings is 2. The number of hydrogen-bond donors (Lipinski definition) is 3. The van der Waals surface area contributed by atoms with Crippen molar-refractivity contribution in [2.45, 2.75) is 52.8 Å². The fraction of sp³-hybridized carbons (Fsp3) is 0.414. The zero-order valence-corrected chi connectivity index (χ0v) is 24.3. The first-order chi connectivity index (χ1) is 19.2. The second-order valence-electron chi connectivity index (χ2n) is 11.6. The molecule has 3 aromatic rings. The molecule has 41 heavy (non-hydrogen) atoms. The van der Waals surface area contributed by atoms with Crippen molar-refractivity contribution in [1.82, 2.24) is 25.5 Å². The Labute approximate surface area is 238 Å². The molecule has 0 saturated carbocycles. The van der Waals surface area contributed by atoms with Gasteiger partial charge in [0.15, 0.2) is 18.3 Å². The monoisotopic (exact) mass is 564 g/mol. The third kappa shape index (κ3) is 5.66. The van der Waals surface area contributed by atoms with Crippen LogP contribution in [0.4, 0.5) is 5.69 Å². The predicted octanol–water partition coefficient (Wildman–Crippen LogP) is 3.63. The molecule has 0 bridgehead atoms. The number of carbonyl (C=O) groups is 2. The topological polar surface area (TPSA) is 154 Å². The molecule has 0 fully saturated rings. The largest absolute Gasteiger partial charge is 0.477 e. The van der Waals surface area contributed by atoms with Crippen LogP contribution in [0.1, 0.15) is 41.5 Å². The molecule has 0 aliphatic carbocycles. The summed E-state index contributed by atoms with van der Waals surface area (Å²) in [7, 11) is 1.50. The molecular formula is C29H36N6O6. The van der Waals surface area contributed by atoms with Gasteiger partial charge in [0.1, 0.15) is 11.3 Å². The summed E-state index contributed by atoms with van der Waals surface area (Å²) in [4.78, 5) is 28.7. The Hall–Kier alpha value is -4.29. The molecule has 2 aromatic carbocycles. The van der Waals surface area contributed by atoms with Gasteiger partial charge < -0.3 is 29.5 Å². The molecule has 3 N–H and O–H groups in total. The fourth-order valence-corrected chi connectivity index (χ4v) is 5.02. The number of ether oxygens (including phenoxy) is 2. The number of carbonyl (C=O) groups excluding carboxylic acids is 1. The van der Waals surface area contributed by atoms with Gasteiger partial charge in [-0.15, -0.1) is 5.10 Å². The highest BCUT2D eigenvalue weighted by Gasteiger charge is 2.54. The Kier molecular flexibility index (Phi) is 7.92. The maximum atomic E-state index is 12.8. The number of aliphatic hydroxyl groups is 1. The van der Waals surface area contributed by atoms with Crippen molar-refractivity contribution in [3.8, 4) is 22.5 Å². The molecule has 0 saturated heterocycles. The SMILES string of the molecule is COCC1(C)N(COC(=O)C(C)(C)C)C(C(C)(C)O)=C(C(=O)O)N1c1ccc(-c2ccccc2-c2nnn[nH]2)cc1. The number of esters is 1. The van der Waals surface area contributed by atoms with Crippen LogP contribution < -0.4 is 4.90 Å². The summed E-state index contributed by atoms with van der Waals surface area (Å²) in [5.74, 6) is -1.20. The molecule has 0 radical (unpaired) electrons. The van der Waals surface area contributed by atoms with Crippen LogP contribution in [0.5, 0.6) is 0 Å². The highest BCUT2D eigenvalue weighted by Crippen LogP contribution is 2.45. The van der Waals surface area contributed by atoms with Gasteiger partial charge in [-0.05, 0) is 75.2 Å². The van der Waals surface area contributed by atoms with Crippen molar-refractivity contribution in [2.24, 2.45) is 5.41 Å². The van der Waals surface area contributed by atoms with Gasteiger partial charge in [0.25, 0.3) is 0 Å². The van der Waals surface area contributed by atoms with Gasteiger partial charge in [0, 0.05) is 18.4 Å². The van der Waals surface area contributed by atoms with E-state index in [1.165, 1.54) is 21.0 Å². The van der Waals surface area contributed by atoms with Crippen LogP contribution in [0.25, 0.3) is 22.5 Å². The quantitative estimate of drug-likeness (QED) is 0.326. The summed E-state index contributed by atoms with van der Waals surface area (Å²) in [6.07, 6.45) is 0. The molecule has 1 atom stereocenters. The van der Waals surface area contributed by atoms with Gasteiger partial charge in [-0.2, -0.15) is 0 Å². The van der Waals surface area contributed by atoms with Gasteiger partial charge in [0.2, 0.25) is 0 Å². The van der Waals surface area contributed by atoms with Crippen LogP contribution in [0.2, 0.25) is 0 Å². The number of aromatic nitrogens is 4. The number of rotatable bonds is 9. The van der Waals surface area contributed by atoms with Crippen LogP contribution in [0.15, 0.2) is 59.9 Å². The van der Waals surface area contributed by atoms with Crippen molar-refractivity contribution < 1.29 is 29.3 Å². The average molecular weight is 565 g/mol. The van der Waals surface area contributed by atoms with E-state index in [1.807, 2.05) is 36.4 Å². The third-order valence-corrected chi connectivity index (χ3v) is 6.88. The fourth-order valence-electron chi connectivity index (χ4n) is 5.02. The van der Waals surface area contributed by atoms with Crippen LogP contribution >= 0.6 is 0 Å². The molecule has 12 nitrogen and oxygen atoms in total. The van der Waals surface area contributed by atoms with E-state index in [-0.39, 0.29) is 24.7 Å². The van der Waals surface area contributed by atoms with E-state index in [1.54, 1.807) is 49.6 Å². The van der Waals surface area contributed by atoms with E-state index in [0.717, 1.165) is 16.7 Å². The summed E-state index contributed by atoms with van der Waals surface area (Å²) in [5, 5.41) is 35.9. The number of aliphatic carboxylic acids is 1. The van der Waals surface area contributed by atoms with Crippen molar-refractivity contribution in [2.75, 3.05) is 25.3 Å². The lowest BCUT2D eigenvalue weighted by Gasteiger charge is -2.44. The molecule has 1 aliphatic heterocycles. The maximum absolute atomic E-state index is 12.8. The molecule has 0 amide bonds. The summed E-state index contributed by atoms with van der Waals surface area (Å²) in [6, 6.07) is 15.0. The summed E-state index contributed by atoms with van der Waals surface area (Å²) in [6.45, 7) is 9.70. The number of methoxy groups -OCH3 is 1. The van der Waals surface area contributed by atoms with Crippen molar-refractivity contribution in [1.29, 1.82) is 0 Å². The second kappa shape index (κ2) is 10.9. The maximum Gasteiger partial charge on any atom is 0.354 e. The van der Waals surface area contributed by atoms with Crippen LogP contribution in [0.3, 0.4) is 0 Å². The van der Waals surface area contributed by atoms with E-state index < -0.39 is 28.6 Å². The molecule has 1 aromatic heterocycles. The minimum absolute atomic E-state index is 0.0273. The number of aromatic amines is 1. The number of tetrazole rings is 1. The van der Waals surface area contributed by atoms with Crippen molar-refractivity contribution in [3.05, 3.63) is 59.9 Å². The van der Waals surface area contributed by atoms with Gasteiger partial charge in [-0.3, -0.25) is 4.79 Å². The van der Waals surface area contributed by atoms with Crippen LogP contribution in [-0.2, 0) is 19.1 Å². The average Bonchev–Trinajstić information content (AvgIpc) is 3.52. The Morgan fingerprint density at radius 1 is 1.02 bits per heavy atom. The normalized spacial score (nSPS) is 17.8. The van der Waals surface area contributed by atoms with E-state index in [9.17, 15) is 19.8 Å². The van der Waals surface area contributed by atoms with Gasteiger partial charge in [-0.1, -0.05) is 36.4 Å². The number of nitrogens with zero attached hydrogens (tertiary/aromatic N) is 5. The zero-order chi connectivity index (χ0) is 30.2. The van der Waals surface area contributed by atoms with Gasteiger partial charge in [-0.25, -0.2) is 9.89 Å². The number of carboxylic acids is 1. The second-order valence-corrected chi connectivity index (χ2v) is 11.6. The van der Waals surface area contributed by atoms with Gasteiger partial charge >= 0.3 is 11.9 Å². The zero-order valence-electron chi connectivity index (χ0n) is 24.3. The molecule has 1 aliphatic rings. The molecule has 0 spiro atoms. The Morgan fingerprint density at radius 2 is 1.66 bits per heavy atom. The predicted molar refractivity (Wildman–Crippen MR) is 151 cm³/mol. The van der Waals surface area contributed by atoms with E-state index in [4.69, 9.17) is 9.47 Å². The molecule has 12 heteroatoms. The van der Waals surface area contributed by atoms with Crippen LogP contribution in [-0.4, -0.2) is 79.4 Å². The minimum atomic E-state index is -1.60. The smallest absolute Gasteiger partial charge is 0.354 e. The summed E-state index contributed by atoms with van der Waals surface area (Å²) in [5.41, 5.74) is -0.541. The van der Waals surface area contributed by atoms with E-state index in [0.29, 0.717) is 11.5 Å². The molecule has 2 heterocycles. The molecule has 1 unspecified atom stereocenters.